The minimum Gasteiger partial charge on any atom is -0.270 e. The monoisotopic (exact) mass is 376 g/mol. The molecular weight excluding hydrogens is 368 g/mol. The van der Waals surface area contributed by atoms with Crippen LogP contribution in [0.1, 0.15) is 26.4 Å². The van der Waals surface area contributed by atoms with Crippen LogP contribution >= 0.6 is 27.5 Å². The molecule has 0 bridgehead atoms. The van der Waals surface area contributed by atoms with E-state index in [4.69, 9.17) is 11.6 Å². The second kappa shape index (κ2) is 5.66. The highest BCUT2D eigenvalue weighted by Crippen LogP contribution is 2.28. The van der Waals surface area contributed by atoms with E-state index in [-0.39, 0.29) is 18.4 Å². The molecule has 0 N–H and O–H groups in total. The lowest BCUT2D eigenvalue weighted by Crippen LogP contribution is -2.31. The Kier molecular flexibility index (Phi) is 3.85. The van der Waals surface area contributed by atoms with Crippen LogP contribution in [0.5, 0.6) is 0 Å². The molecule has 0 atom stereocenters. The van der Waals surface area contributed by atoms with Crippen molar-refractivity contribution in [1.29, 1.82) is 0 Å². The van der Waals surface area contributed by atoms with Crippen LogP contribution in [-0.2, 0) is 0 Å². The zero-order valence-corrected chi connectivity index (χ0v) is 13.7. The number of nitrogens with zero attached hydrogens (tertiary/aromatic N) is 2. The van der Waals surface area contributed by atoms with Crippen molar-refractivity contribution in [2.75, 3.05) is 6.54 Å². The molecule has 0 unspecified atom stereocenters. The molecule has 2 heterocycles. The first-order chi connectivity index (χ1) is 10.5. The van der Waals surface area contributed by atoms with Crippen molar-refractivity contribution >= 4 is 44.9 Å². The molecule has 1 aromatic heterocycles. The number of fused-ring (bicyclic) bond motifs is 1. The number of benzene rings is 1. The van der Waals surface area contributed by atoms with Gasteiger partial charge in [-0.15, -0.1) is 0 Å². The summed E-state index contributed by atoms with van der Waals surface area (Å²) in [6.07, 6.45) is 1.59. The van der Waals surface area contributed by atoms with E-state index >= 15 is 0 Å². The predicted molar refractivity (Wildman–Crippen MR) is 87.8 cm³/mol. The fourth-order valence-electron chi connectivity index (χ4n) is 2.32. The summed E-state index contributed by atoms with van der Waals surface area (Å²) in [6.45, 7) is 3.96. The Morgan fingerprint density at radius 3 is 2.36 bits per heavy atom. The Labute approximate surface area is 140 Å². The van der Waals surface area contributed by atoms with Gasteiger partial charge in [-0.25, -0.2) is 0 Å². The molecule has 2 aromatic rings. The van der Waals surface area contributed by atoms with Gasteiger partial charge >= 0.3 is 0 Å². The van der Waals surface area contributed by atoms with Gasteiger partial charge in [0, 0.05) is 10.7 Å². The minimum absolute atomic E-state index is 0.0562. The van der Waals surface area contributed by atoms with Gasteiger partial charge in [-0.05, 0) is 39.7 Å². The Hall–Kier alpha value is -1.98. The molecule has 0 aliphatic carbocycles. The second-order valence-electron chi connectivity index (χ2n) is 4.83. The summed E-state index contributed by atoms with van der Waals surface area (Å²) in [5, 5.41) is 0.413. The Morgan fingerprint density at radius 1 is 1.23 bits per heavy atom. The predicted octanol–water partition coefficient (Wildman–Crippen LogP) is 3.81. The van der Waals surface area contributed by atoms with E-state index in [9.17, 15) is 9.59 Å². The highest BCUT2D eigenvalue weighted by atomic mass is 79.9. The number of amides is 2. The van der Waals surface area contributed by atoms with Crippen molar-refractivity contribution in [2.45, 2.75) is 0 Å². The number of carbonyl (C=O) groups is 2. The summed E-state index contributed by atoms with van der Waals surface area (Å²) in [5.74, 6) is -0.648. The standard InChI is InChI=1S/C16H10BrClN2O2/c1-9(14-13(18)6-10(17)7-19-14)8-20-15(21)11-4-2-3-5-12(11)16(20)22/h2-7H,1,8H2. The first-order valence-electron chi connectivity index (χ1n) is 6.43. The maximum atomic E-state index is 12.3. The lowest BCUT2D eigenvalue weighted by atomic mass is 10.1. The number of rotatable bonds is 3. The molecule has 0 fully saturated rings. The van der Waals surface area contributed by atoms with Gasteiger partial charge in [0.15, 0.2) is 0 Å². The molecule has 22 heavy (non-hydrogen) atoms. The molecule has 6 heteroatoms. The fraction of sp³-hybridized carbons (Fsp3) is 0.0625. The van der Waals surface area contributed by atoms with Gasteiger partial charge < -0.3 is 0 Å². The first kappa shape index (κ1) is 14.9. The number of aromatic nitrogens is 1. The summed E-state index contributed by atoms with van der Waals surface area (Å²) < 4.78 is 0.745. The number of hydrogen-bond donors (Lipinski definition) is 0. The molecular formula is C16H10BrClN2O2. The van der Waals surface area contributed by atoms with Crippen LogP contribution in [0.25, 0.3) is 5.57 Å². The lowest BCUT2D eigenvalue weighted by Gasteiger charge is -2.16. The molecule has 1 aliphatic heterocycles. The number of carbonyl (C=O) groups excluding carboxylic acids is 2. The fourth-order valence-corrected chi connectivity index (χ4v) is 3.09. The summed E-state index contributed by atoms with van der Waals surface area (Å²) in [5.41, 5.74) is 1.80. The van der Waals surface area contributed by atoms with E-state index in [1.807, 2.05) is 0 Å². The second-order valence-corrected chi connectivity index (χ2v) is 6.15. The SMILES string of the molecule is C=C(CN1C(=O)c2ccccc2C1=O)c1ncc(Br)cc1Cl. The van der Waals surface area contributed by atoms with Crippen LogP contribution in [0.3, 0.4) is 0 Å². The topological polar surface area (TPSA) is 50.3 Å². The summed E-state index contributed by atoms with van der Waals surface area (Å²) in [7, 11) is 0. The molecule has 1 aromatic carbocycles. The van der Waals surface area contributed by atoms with E-state index in [1.165, 1.54) is 0 Å². The average Bonchev–Trinajstić information content (AvgIpc) is 2.73. The number of pyridine rings is 1. The van der Waals surface area contributed by atoms with E-state index in [1.54, 1.807) is 36.5 Å². The van der Waals surface area contributed by atoms with Crippen LogP contribution in [0.15, 0.2) is 47.6 Å². The third-order valence-corrected chi connectivity index (χ3v) is 4.09. The van der Waals surface area contributed by atoms with Crippen molar-refractivity contribution in [3.63, 3.8) is 0 Å². The van der Waals surface area contributed by atoms with Gasteiger partial charge in [0.25, 0.3) is 11.8 Å². The first-order valence-corrected chi connectivity index (χ1v) is 7.60. The maximum Gasteiger partial charge on any atom is 0.261 e. The van der Waals surface area contributed by atoms with E-state index < -0.39 is 0 Å². The third-order valence-electron chi connectivity index (χ3n) is 3.37. The Morgan fingerprint density at radius 2 is 1.82 bits per heavy atom. The molecule has 0 spiro atoms. The van der Waals surface area contributed by atoms with E-state index in [0.717, 1.165) is 9.37 Å². The minimum atomic E-state index is -0.324. The normalized spacial score (nSPS) is 13.5. The van der Waals surface area contributed by atoms with E-state index in [0.29, 0.717) is 27.4 Å². The highest BCUT2D eigenvalue weighted by molar-refractivity contribution is 9.10. The molecule has 0 saturated carbocycles. The average molecular weight is 378 g/mol. The summed E-state index contributed by atoms with van der Waals surface area (Å²) in [4.78, 5) is 30.0. The highest BCUT2D eigenvalue weighted by Gasteiger charge is 2.35. The number of imide groups is 1. The lowest BCUT2D eigenvalue weighted by molar-refractivity contribution is 0.0675. The maximum absolute atomic E-state index is 12.3. The smallest absolute Gasteiger partial charge is 0.261 e. The third kappa shape index (κ3) is 2.46. The van der Waals surface area contributed by atoms with Crippen molar-refractivity contribution < 1.29 is 9.59 Å². The molecule has 3 rings (SSSR count). The van der Waals surface area contributed by atoms with Gasteiger partial charge in [-0.3, -0.25) is 19.5 Å². The van der Waals surface area contributed by atoms with Gasteiger partial charge in [-0.2, -0.15) is 0 Å². The van der Waals surface area contributed by atoms with Crippen LogP contribution in [0, 0.1) is 0 Å². The van der Waals surface area contributed by atoms with Crippen LogP contribution in [0.4, 0.5) is 0 Å². The quantitative estimate of drug-likeness (QED) is 0.764. The number of halogens is 2. The van der Waals surface area contributed by atoms with Gasteiger partial charge in [-0.1, -0.05) is 30.3 Å². The Bertz CT molecular complexity index is 785. The van der Waals surface area contributed by atoms with Gasteiger partial charge in [0.05, 0.1) is 28.4 Å². The largest absolute Gasteiger partial charge is 0.270 e. The summed E-state index contributed by atoms with van der Waals surface area (Å²) >= 11 is 9.41. The Balaban J connectivity index is 1.87. The van der Waals surface area contributed by atoms with Crippen molar-refractivity contribution in [1.82, 2.24) is 9.88 Å². The molecule has 110 valence electrons. The van der Waals surface area contributed by atoms with Crippen molar-refractivity contribution in [2.24, 2.45) is 0 Å². The number of hydrogen-bond acceptors (Lipinski definition) is 3. The molecule has 2 amide bonds. The van der Waals surface area contributed by atoms with Crippen LogP contribution in [-0.4, -0.2) is 28.2 Å². The zero-order valence-electron chi connectivity index (χ0n) is 11.3. The van der Waals surface area contributed by atoms with E-state index in [2.05, 4.69) is 27.5 Å². The van der Waals surface area contributed by atoms with Crippen LogP contribution in [0.2, 0.25) is 5.02 Å². The molecule has 0 radical (unpaired) electrons. The van der Waals surface area contributed by atoms with Crippen molar-refractivity contribution in [3.05, 3.63) is 69.4 Å². The molecule has 4 nitrogen and oxygen atoms in total. The van der Waals surface area contributed by atoms with Gasteiger partial charge in [0.2, 0.25) is 0 Å². The molecule has 1 aliphatic rings. The molecule has 0 saturated heterocycles. The van der Waals surface area contributed by atoms with Crippen LogP contribution < -0.4 is 0 Å². The zero-order chi connectivity index (χ0) is 15.9. The van der Waals surface area contributed by atoms with Crippen molar-refractivity contribution in [3.8, 4) is 0 Å². The van der Waals surface area contributed by atoms with Gasteiger partial charge in [0.1, 0.15) is 0 Å². The summed E-state index contributed by atoms with van der Waals surface area (Å²) in [6, 6.07) is 8.44.